The SMILES string of the molecule is N#C/C(C(=O)N1CCOCC1)=c1\s/c(=C\c2cccs2)c(=O)n1-c1ccccc1. The molecule has 6 nitrogen and oxygen atoms in total. The Hall–Kier alpha value is -2.99. The third-order valence-corrected chi connectivity index (χ3v) is 6.40. The molecule has 0 unspecified atom stereocenters. The van der Waals surface area contributed by atoms with Gasteiger partial charge in [-0.15, -0.1) is 22.7 Å². The summed E-state index contributed by atoms with van der Waals surface area (Å²) < 4.78 is 7.59. The summed E-state index contributed by atoms with van der Waals surface area (Å²) in [5.41, 5.74) is 0.355. The van der Waals surface area contributed by atoms with Gasteiger partial charge in [0.15, 0.2) is 5.57 Å². The number of nitrogens with zero attached hydrogens (tertiary/aromatic N) is 3. The molecule has 4 rings (SSSR count). The van der Waals surface area contributed by atoms with Gasteiger partial charge in [0.1, 0.15) is 10.7 Å². The molecule has 0 radical (unpaired) electrons. The molecule has 0 spiro atoms. The van der Waals surface area contributed by atoms with Crippen LogP contribution in [0.4, 0.5) is 0 Å². The lowest BCUT2D eigenvalue weighted by Crippen LogP contribution is -2.42. The van der Waals surface area contributed by atoms with E-state index in [9.17, 15) is 14.9 Å². The van der Waals surface area contributed by atoms with Gasteiger partial charge in [-0.3, -0.25) is 14.2 Å². The van der Waals surface area contributed by atoms with Crippen LogP contribution in [0.3, 0.4) is 0 Å². The number of rotatable bonds is 3. The van der Waals surface area contributed by atoms with Crippen molar-refractivity contribution in [2.24, 2.45) is 0 Å². The zero-order valence-corrected chi connectivity index (χ0v) is 17.0. The fraction of sp³-hybridized carbons (Fsp3) is 0.190. The van der Waals surface area contributed by atoms with E-state index in [1.807, 2.05) is 41.8 Å². The van der Waals surface area contributed by atoms with E-state index in [2.05, 4.69) is 0 Å². The second-order valence-electron chi connectivity index (χ2n) is 6.30. The fourth-order valence-corrected chi connectivity index (χ4v) is 4.90. The first-order chi connectivity index (χ1) is 14.2. The van der Waals surface area contributed by atoms with E-state index in [4.69, 9.17) is 4.74 Å². The van der Waals surface area contributed by atoms with Crippen LogP contribution in [-0.4, -0.2) is 41.7 Å². The first-order valence-electron chi connectivity index (χ1n) is 9.03. The Morgan fingerprint density at radius 2 is 1.90 bits per heavy atom. The molecule has 1 aliphatic rings. The molecule has 8 heteroatoms. The Balaban J connectivity index is 1.98. The summed E-state index contributed by atoms with van der Waals surface area (Å²) in [4.78, 5) is 28.8. The van der Waals surface area contributed by atoms with Crippen molar-refractivity contribution in [3.8, 4) is 11.8 Å². The third kappa shape index (κ3) is 3.93. The smallest absolute Gasteiger partial charge is 0.273 e. The number of hydrogen-bond donors (Lipinski definition) is 0. The molecule has 3 heterocycles. The van der Waals surface area contributed by atoms with Crippen LogP contribution in [0.2, 0.25) is 0 Å². The molecular formula is C21H17N3O3S2. The minimum Gasteiger partial charge on any atom is -0.378 e. The average molecular weight is 424 g/mol. The topological polar surface area (TPSA) is 75.3 Å². The quantitative estimate of drug-likeness (QED) is 0.637. The molecule has 1 aliphatic heterocycles. The first kappa shape index (κ1) is 19.3. The van der Waals surface area contributed by atoms with E-state index in [0.717, 1.165) is 4.88 Å². The summed E-state index contributed by atoms with van der Waals surface area (Å²) in [6, 6.07) is 15.0. The van der Waals surface area contributed by atoms with Crippen LogP contribution in [0.25, 0.3) is 17.3 Å². The van der Waals surface area contributed by atoms with E-state index >= 15 is 0 Å². The van der Waals surface area contributed by atoms with Crippen molar-refractivity contribution in [3.05, 3.63) is 72.3 Å². The van der Waals surface area contributed by atoms with Crippen LogP contribution in [0.15, 0.2) is 52.6 Å². The lowest BCUT2D eigenvalue weighted by Gasteiger charge is -2.26. The van der Waals surface area contributed by atoms with Gasteiger partial charge in [-0.25, -0.2) is 0 Å². The second kappa shape index (κ2) is 8.57. The van der Waals surface area contributed by atoms with Gasteiger partial charge in [0, 0.05) is 18.0 Å². The van der Waals surface area contributed by atoms with Crippen molar-refractivity contribution in [3.63, 3.8) is 0 Å². The molecule has 2 aromatic heterocycles. The van der Waals surface area contributed by atoms with E-state index in [-0.39, 0.29) is 17.0 Å². The van der Waals surface area contributed by atoms with E-state index in [1.54, 1.807) is 23.1 Å². The second-order valence-corrected chi connectivity index (χ2v) is 8.31. The maximum atomic E-state index is 13.2. The van der Waals surface area contributed by atoms with Gasteiger partial charge in [0.05, 0.1) is 23.4 Å². The van der Waals surface area contributed by atoms with Gasteiger partial charge in [-0.1, -0.05) is 24.3 Å². The van der Waals surface area contributed by atoms with Gasteiger partial charge >= 0.3 is 0 Å². The molecule has 1 fully saturated rings. The zero-order valence-electron chi connectivity index (χ0n) is 15.4. The standard InChI is InChI=1S/C21H17N3O3S2/c22-14-17(19(25)23-8-10-27-11-9-23)21-24(15-5-2-1-3-6-15)20(26)18(29-21)13-16-7-4-12-28-16/h1-7,12-13H,8-11H2/b18-13-,21-17+. The summed E-state index contributed by atoms with van der Waals surface area (Å²) in [6.07, 6.45) is 1.80. The number of carbonyl (C=O) groups is 1. The summed E-state index contributed by atoms with van der Waals surface area (Å²) in [6.45, 7) is 1.74. The third-order valence-electron chi connectivity index (χ3n) is 4.49. The number of hydrogen-bond acceptors (Lipinski definition) is 6. The van der Waals surface area contributed by atoms with Crippen molar-refractivity contribution in [1.82, 2.24) is 9.47 Å². The number of benzene rings is 1. The minimum atomic E-state index is -0.371. The average Bonchev–Trinajstić information content (AvgIpc) is 3.38. The monoisotopic (exact) mass is 423 g/mol. The number of aromatic nitrogens is 1. The highest BCUT2D eigenvalue weighted by atomic mass is 32.1. The Labute approximate surface area is 174 Å². The minimum absolute atomic E-state index is 0.0244. The maximum absolute atomic E-state index is 13.2. The summed E-state index contributed by atoms with van der Waals surface area (Å²) in [5.74, 6) is -0.371. The lowest BCUT2D eigenvalue weighted by atomic mass is 10.2. The highest BCUT2D eigenvalue weighted by Crippen LogP contribution is 2.10. The van der Waals surface area contributed by atoms with Crippen LogP contribution < -0.4 is 14.8 Å². The summed E-state index contributed by atoms with van der Waals surface area (Å²) in [5, 5.41) is 11.8. The predicted octanol–water partition coefficient (Wildman–Crippen LogP) is 1.32. The van der Waals surface area contributed by atoms with Crippen molar-refractivity contribution in [2.75, 3.05) is 26.3 Å². The number of thiazole rings is 1. The van der Waals surface area contributed by atoms with Crippen molar-refractivity contribution in [2.45, 2.75) is 0 Å². The molecule has 146 valence electrons. The lowest BCUT2D eigenvalue weighted by molar-refractivity contribution is -0.128. The van der Waals surface area contributed by atoms with Gasteiger partial charge in [0.2, 0.25) is 0 Å². The highest BCUT2D eigenvalue weighted by molar-refractivity contribution is 7.11. The maximum Gasteiger partial charge on any atom is 0.273 e. The van der Waals surface area contributed by atoms with Crippen LogP contribution in [0.5, 0.6) is 0 Å². The molecule has 1 amide bonds. The molecular weight excluding hydrogens is 406 g/mol. The normalized spacial score (nSPS) is 15.8. The van der Waals surface area contributed by atoms with Gasteiger partial charge in [-0.05, 0) is 29.7 Å². The number of amides is 1. The van der Waals surface area contributed by atoms with E-state index in [0.29, 0.717) is 41.2 Å². The Morgan fingerprint density at radius 1 is 1.14 bits per heavy atom. The van der Waals surface area contributed by atoms with Crippen molar-refractivity contribution < 1.29 is 9.53 Å². The first-order valence-corrected chi connectivity index (χ1v) is 10.7. The Bertz CT molecular complexity index is 1230. The van der Waals surface area contributed by atoms with Gasteiger partial charge in [0.25, 0.3) is 11.5 Å². The molecule has 0 saturated carbocycles. The molecule has 0 aliphatic carbocycles. The number of nitriles is 1. The van der Waals surface area contributed by atoms with Crippen LogP contribution >= 0.6 is 22.7 Å². The molecule has 0 atom stereocenters. The van der Waals surface area contributed by atoms with Crippen molar-refractivity contribution >= 4 is 40.2 Å². The molecule has 29 heavy (non-hydrogen) atoms. The molecule has 3 aromatic rings. The van der Waals surface area contributed by atoms with Crippen molar-refractivity contribution in [1.29, 1.82) is 5.26 Å². The fourth-order valence-electron chi connectivity index (χ4n) is 3.08. The predicted molar refractivity (Wildman–Crippen MR) is 113 cm³/mol. The van der Waals surface area contributed by atoms with Crippen LogP contribution in [-0.2, 0) is 9.53 Å². The number of ether oxygens (including phenoxy) is 1. The molecule has 0 bridgehead atoms. The highest BCUT2D eigenvalue weighted by Gasteiger charge is 2.23. The van der Waals surface area contributed by atoms with Crippen LogP contribution in [0.1, 0.15) is 4.88 Å². The number of thiophene rings is 1. The largest absolute Gasteiger partial charge is 0.378 e. The molecule has 1 saturated heterocycles. The number of para-hydroxylation sites is 1. The molecule has 0 N–H and O–H groups in total. The Morgan fingerprint density at radius 3 is 2.55 bits per heavy atom. The van der Waals surface area contributed by atoms with Crippen LogP contribution in [0, 0.1) is 11.3 Å². The Kier molecular flexibility index (Phi) is 5.71. The number of carbonyl (C=O) groups excluding carboxylic acids is 1. The summed E-state index contributed by atoms with van der Waals surface area (Å²) in [7, 11) is 0. The zero-order chi connectivity index (χ0) is 20.2. The number of morpholine rings is 1. The van der Waals surface area contributed by atoms with Gasteiger partial charge < -0.3 is 9.64 Å². The molecule has 1 aromatic carbocycles. The van der Waals surface area contributed by atoms with E-state index in [1.165, 1.54) is 27.2 Å². The van der Waals surface area contributed by atoms with Gasteiger partial charge in [-0.2, -0.15) is 5.26 Å². The summed E-state index contributed by atoms with van der Waals surface area (Å²) >= 11 is 2.69. The van der Waals surface area contributed by atoms with E-state index < -0.39 is 0 Å².